The van der Waals surface area contributed by atoms with Gasteiger partial charge in [0.15, 0.2) is 17.5 Å². The maximum Gasteiger partial charge on any atom is 0.320 e. The summed E-state index contributed by atoms with van der Waals surface area (Å²) in [5.74, 6) is -3.73. The van der Waals surface area contributed by atoms with E-state index in [2.05, 4.69) is 20.8 Å². The largest absolute Gasteiger partial charge is 0.406 e. The van der Waals surface area contributed by atoms with Gasteiger partial charge in [0.2, 0.25) is 5.89 Å². The Bertz CT molecular complexity index is 604. The summed E-state index contributed by atoms with van der Waals surface area (Å²) in [7, 11) is 0. The summed E-state index contributed by atoms with van der Waals surface area (Å²) >= 11 is 0. The van der Waals surface area contributed by atoms with Crippen molar-refractivity contribution in [1.82, 2.24) is 15.5 Å². The summed E-state index contributed by atoms with van der Waals surface area (Å²) in [5.41, 5.74) is -0.00764. The molecular formula is C12H11F3N4O. The molecule has 1 aromatic heterocycles. The number of hydrogen-bond acceptors (Lipinski definition) is 5. The number of rotatable bonds is 5. The van der Waals surface area contributed by atoms with Crippen molar-refractivity contribution in [3.8, 4) is 0 Å². The second-order valence-electron chi connectivity index (χ2n) is 4.54. The number of hydrogen-bond donors (Lipinski definition) is 2. The van der Waals surface area contributed by atoms with E-state index in [0.717, 1.165) is 25.0 Å². The third kappa shape index (κ3) is 2.90. The van der Waals surface area contributed by atoms with Crippen molar-refractivity contribution in [2.45, 2.75) is 25.4 Å². The van der Waals surface area contributed by atoms with Crippen molar-refractivity contribution in [2.75, 3.05) is 5.32 Å². The summed E-state index contributed by atoms with van der Waals surface area (Å²) in [6, 6.07) is 2.11. The van der Waals surface area contributed by atoms with Crippen LogP contribution < -0.4 is 10.6 Å². The average molecular weight is 284 g/mol. The predicted molar refractivity (Wildman–Crippen MR) is 63.8 cm³/mol. The molecule has 0 aliphatic heterocycles. The number of benzene rings is 1. The number of nitrogens with zero attached hydrogens (tertiary/aromatic N) is 2. The molecule has 1 aromatic carbocycles. The number of aromatic nitrogens is 2. The SMILES string of the molecule is Fc1cc(Nc2nnc(CNC3CC3)o2)cc(F)c1F. The fourth-order valence-electron chi connectivity index (χ4n) is 1.65. The van der Waals surface area contributed by atoms with Gasteiger partial charge in [-0.05, 0) is 12.8 Å². The van der Waals surface area contributed by atoms with Gasteiger partial charge in [0.25, 0.3) is 0 Å². The van der Waals surface area contributed by atoms with Crippen molar-refractivity contribution < 1.29 is 17.6 Å². The molecule has 1 saturated carbocycles. The van der Waals surface area contributed by atoms with Crippen LogP contribution in [0.15, 0.2) is 16.5 Å². The molecule has 8 heteroatoms. The van der Waals surface area contributed by atoms with Crippen LogP contribution in [0.4, 0.5) is 24.9 Å². The van der Waals surface area contributed by atoms with Crippen LogP contribution in [0, 0.1) is 17.5 Å². The van der Waals surface area contributed by atoms with Gasteiger partial charge in [-0.1, -0.05) is 5.10 Å². The lowest BCUT2D eigenvalue weighted by atomic mass is 10.3. The van der Waals surface area contributed by atoms with Crippen LogP contribution >= 0.6 is 0 Å². The Labute approximate surface area is 112 Å². The van der Waals surface area contributed by atoms with Gasteiger partial charge in [-0.2, -0.15) is 0 Å². The first kappa shape index (κ1) is 12.9. The molecule has 2 N–H and O–H groups in total. The fraction of sp³-hybridized carbons (Fsp3) is 0.333. The lowest BCUT2D eigenvalue weighted by Crippen LogP contribution is -2.15. The predicted octanol–water partition coefficient (Wildman–Crippen LogP) is 2.48. The van der Waals surface area contributed by atoms with Crippen LogP contribution in [-0.4, -0.2) is 16.2 Å². The number of anilines is 2. The first-order valence-corrected chi connectivity index (χ1v) is 6.09. The van der Waals surface area contributed by atoms with E-state index in [0.29, 0.717) is 18.5 Å². The summed E-state index contributed by atoms with van der Waals surface area (Å²) in [6.07, 6.45) is 2.26. The summed E-state index contributed by atoms with van der Waals surface area (Å²) < 4.78 is 44.1. The zero-order chi connectivity index (χ0) is 14.1. The van der Waals surface area contributed by atoms with Gasteiger partial charge in [0.05, 0.1) is 6.54 Å². The maximum atomic E-state index is 13.0. The van der Waals surface area contributed by atoms with Crippen molar-refractivity contribution >= 4 is 11.7 Å². The van der Waals surface area contributed by atoms with Crippen LogP contribution in [0.2, 0.25) is 0 Å². The molecule has 0 atom stereocenters. The molecule has 5 nitrogen and oxygen atoms in total. The van der Waals surface area contributed by atoms with Gasteiger partial charge in [-0.3, -0.25) is 0 Å². The molecule has 0 unspecified atom stereocenters. The van der Waals surface area contributed by atoms with E-state index in [1.807, 2.05) is 0 Å². The standard InChI is InChI=1S/C12H11F3N4O/c13-8-3-7(4-9(14)11(8)15)17-12-19-18-10(20-12)5-16-6-1-2-6/h3-4,6,16H,1-2,5H2,(H,17,19). The van der Waals surface area contributed by atoms with E-state index in [1.165, 1.54) is 0 Å². The van der Waals surface area contributed by atoms with Crippen molar-refractivity contribution in [1.29, 1.82) is 0 Å². The molecule has 0 radical (unpaired) electrons. The van der Waals surface area contributed by atoms with Crippen LogP contribution in [0.25, 0.3) is 0 Å². The Hall–Kier alpha value is -2.09. The topological polar surface area (TPSA) is 63.0 Å². The highest BCUT2D eigenvalue weighted by Crippen LogP contribution is 2.22. The van der Waals surface area contributed by atoms with E-state index in [4.69, 9.17) is 4.42 Å². The highest BCUT2D eigenvalue weighted by Gasteiger charge is 2.21. The van der Waals surface area contributed by atoms with Crippen LogP contribution in [0.5, 0.6) is 0 Å². The minimum absolute atomic E-state index is 0.00764. The Morgan fingerprint density at radius 2 is 1.85 bits per heavy atom. The minimum Gasteiger partial charge on any atom is -0.406 e. The summed E-state index contributed by atoms with van der Waals surface area (Å²) in [4.78, 5) is 0. The second kappa shape index (κ2) is 5.12. The monoisotopic (exact) mass is 284 g/mol. The highest BCUT2D eigenvalue weighted by molar-refractivity contribution is 5.52. The smallest absolute Gasteiger partial charge is 0.320 e. The lowest BCUT2D eigenvalue weighted by Gasteiger charge is -2.02. The normalized spacial score (nSPS) is 14.6. The first-order valence-electron chi connectivity index (χ1n) is 6.09. The zero-order valence-corrected chi connectivity index (χ0v) is 10.3. The Balaban J connectivity index is 1.67. The van der Waals surface area contributed by atoms with Crippen LogP contribution in [-0.2, 0) is 6.54 Å². The summed E-state index contributed by atoms with van der Waals surface area (Å²) in [6.45, 7) is 0.436. The molecule has 0 saturated heterocycles. The third-order valence-corrected chi connectivity index (χ3v) is 2.82. The van der Waals surface area contributed by atoms with Gasteiger partial charge in [-0.15, -0.1) is 5.10 Å². The summed E-state index contributed by atoms with van der Waals surface area (Å²) in [5, 5.41) is 13.2. The first-order chi connectivity index (χ1) is 9.61. The molecule has 20 heavy (non-hydrogen) atoms. The van der Waals surface area contributed by atoms with E-state index in [9.17, 15) is 13.2 Å². The maximum absolute atomic E-state index is 13.0. The molecule has 2 aromatic rings. The lowest BCUT2D eigenvalue weighted by molar-refractivity contribution is 0.447. The molecule has 1 heterocycles. The van der Waals surface area contributed by atoms with Crippen LogP contribution in [0.3, 0.4) is 0 Å². The van der Waals surface area contributed by atoms with E-state index in [1.54, 1.807) is 0 Å². The van der Waals surface area contributed by atoms with Gasteiger partial charge < -0.3 is 15.1 Å². The van der Waals surface area contributed by atoms with Crippen molar-refractivity contribution in [2.24, 2.45) is 0 Å². The Morgan fingerprint density at radius 1 is 1.15 bits per heavy atom. The van der Waals surface area contributed by atoms with Crippen molar-refractivity contribution in [3.63, 3.8) is 0 Å². The van der Waals surface area contributed by atoms with Gasteiger partial charge in [0.1, 0.15) is 0 Å². The molecule has 0 bridgehead atoms. The minimum atomic E-state index is -1.52. The molecule has 0 amide bonds. The third-order valence-electron chi connectivity index (χ3n) is 2.82. The molecule has 1 aliphatic carbocycles. The fourth-order valence-corrected chi connectivity index (χ4v) is 1.65. The highest BCUT2D eigenvalue weighted by atomic mass is 19.2. The van der Waals surface area contributed by atoms with Crippen molar-refractivity contribution in [3.05, 3.63) is 35.5 Å². The molecule has 0 spiro atoms. The Kier molecular flexibility index (Phi) is 3.31. The molecule has 1 aliphatic rings. The molecular weight excluding hydrogens is 273 g/mol. The van der Waals surface area contributed by atoms with Gasteiger partial charge in [0, 0.05) is 23.9 Å². The quantitative estimate of drug-likeness (QED) is 0.826. The molecule has 1 fully saturated rings. The average Bonchev–Trinajstić information content (AvgIpc) is 3.14. The number of halogens is 3. The number of nitrogens with one attached hydrogen (secondary N) is 2. The van der Waals surface area contributed by atoms with Gasteiger partial charge >= 0.3 is 6.01 Å². The van der Waals surface area contributed by atoms with Crippen LogP contribution in [0.1, 0.15) is 18.7 Å². The van der Waals surface area contributed by atoms with E-state index >= 15 is 0 Å². The van der Waals surface area contributed by atoms with Gasteiger partial charge in [-0.25, -0.2) is 13.2 Å². The Morgan fingerprint density at radius 3 is 2.50 bits per heavy atom. The second-order valence-corrected chi connectivity index (χ2v) is 4.54. The van der Waals surface area contributed by atoms with E-state index < -0.39 is 17.5 Å². The zero-order valence-electron chi connectivity index (χ0n) is 10.3. The molecule has 3 rings (SSSR count). The van der Waals surface area contributed by atoms with E-state index in [-0.39, 0.29) is 11.7 Å². The molecule has 106 valence electrons.